The first-order chi connectivity index (χ1) is 14.0. The predicted molar refractivity (Wildman–Crippen MR) is 112 cm³/mol. The molecule has 0 aromatic heterocycles. The van der Waals surface area contributed by atoms with Crippen LogP contribution in [0.15, 0.2) is 42.5 Å². The van der Waals surface area contributed by atoms with Gasteiger partial charge in [0.1, 0.15) is 5.75 Å². The van der Waals surface area contributed by atoms with Gasteiger partial charge in [-0.15, -0.1) is 0 Å². The summed E-state index contributed by atoms with van der Waals surface area (Å²) in [5, 5.41) is 12.0. The highest BCUT2D eigenvalue weighted by Gasteiger charge is 2.31. The zero-order chi connectivity index (χ0) is 20.8. The number of benzene rings is 2. The Kier molecular flexibility index (Phi) is 6.91. The summed E-state index contributed by atoms with van der Waals surface area (Å²) in [6.07, 6.45) is 5.02. The van der Waals surface area contributed by atoms with E-state index in [2.05, 4.69) is 18.3 Å². The van der Waals surface area contributed by atoms with Gasteiger partial charge in [-0.2, -0.15) is 0 Å². The van der Waals surface area contributed by atoms with Gasteiger partial charge in [0, 0.05) is 12.5 Å². The molecular formula is C24H29NO4. The highest BCUT2D eigenvalue weighted by atomic mass is 16.5. The minimum Gasteiger partial charge on any atom is -0.496 e. The second-order valence-electron chi connectivity index (χ2n) is 7.89. The number of carbonyl (C=O) groups excluding carboxylic acids is 1. The summed E-state index contributed by atoms with van der Waals surface area (Å²) in [7, 11) is 1.69. The van der Waals surface area contributed by atoms with Crippen LogP contribution in [0.2, 0.25) is 0 Å². The van der Waals surface area contributed by atoms with Crippen LogP contribution in [0, 0.1) is 18.8 Å². The van der Waals surface area contributed by atoms with Gasteiger partial charge in [0.05, 0.1) is 12.7 Å². The Morgan fingerprint density at radius 2 is 1.83 bits per heavy atom. The van der Waals surface area contributed by atoms with Crippen LogP contribution >= 0.6 is 0 Å². The third kappa shape index (κ3) is 5.37. The van der Waals surface area contributed by atoms with E-state index in [1.165, 1.54) is 11.1 Å². The van der Waals surface area contributed by atoms with Gasteiger partial charge in [-0.25, -0.2) is 4.79 Å². The summed E-state index contributed by atoms with van der Waals surface area (Å²) in [6.45, 7) is 2.49. The van der Waals surface area contributed by atoms with E-state index in [1.807, 2.05) is 12.1 Å². The van der Waals surface area contributed by atoms with Gasteiger partial charge in [0.25, 0.3) is 0 Å². The van der Waals surface area contributed by atoms with Crippen LogP contribution in [0.5, 0.6) is 5.75 Å². The lowest BCUT2D eigenvalue weighted by atomic mass is 9.75. The largest absolute Gasteiger partial charge is 0.496 e. The van der Waals surface area contributed by atoms with Crippen molar-refractivity contribution >= 4 is 11.9 Å². The van der Waals surface area contributed by atoms with Crippen molar-refractivity contribution < 1.29 is 19.4 Å². The summed E-state index contributed by atoms with van der Waals surface area (Å²) >= 11 is 0. The number of ether oxygens (including phenoxy) is 1. The quantitative estimate of drug-likeness (QED) is 0.730. The van der Waals surface area contributed by atoms with Crippen LogP contribution in [0.1, 0.15) is 52.7 Å². The summed E-state index contributed by atoms with van der Waals surface area (Å²) in [5.74, 6) is 0.320. The molecular weight excluding hydrogens is 366 g/mol. The molecule has 29 heavy (non-hydrogen) atoms. The van der Waals surface area contributed by atoms with Crippen molar-refractivity contribution in [2.24, 2.45) is 11.8 Å². The number of hydrogen-bond donors (Lipinski definition) is 2. The third-order valence-corrected chi connectivity index (χ3v) is 5.83. The molecule has 1 aliphatic rings. The molecule has 0 saturated heterocycles. The SMILES string of the molecule is COc1ccc(C)cc1CC1CCCCC1C(=O)NCc1ccc(C(=O)O)cc1. The van der Waals surface area contributed by atoms with Crippen molar-refractivity contribution in [3.63, 3.8) is 0 Å². The van der Waals surface area contributed by atoms with Crippen molar-refractivity contribution in [3.05, 3.63) is 64.7 Å². The average Bonchev–Trinajstić information content (AvgIpc) is 2.73. The van der Waals surface area contributed by atoms with E-state index >= 15 is 0 Å². The number of methoxy groups -OCH3 is 1. The topological polar surface area (TPSA) is 75.6 Å². The average molecular weight is 395 g/mol. The fourth-order valence-electron chi connectivity index (χ4n) is 4.23. The van der Waals surface area contributed by atoms with E-state index < -0.39 is 5.97 Å². The smallest absolute Gasteiger partial charge is 0.335 e. The minimum atomic E-state index is -0.947. The van der Waals surface area contributed by atoms with Crippen LogP contribution in [-0.2, 0) is 17.8 Å². The Hall–Kier alpha value is -2.82. The lowest BCUT2D eigenvalue weighted by Crippen LogP contribution is -2.37. The van der Waals surface area contributed by atoms with E-state index in [-0.39, 0.29) is 17.4 Å². The van der Waals surface area contributed by atoms with E-state index in [4.69, 9.17) is 9.84 Å². The number of hydrogen-bond acceptors (Lipinski definition) is 3. The van der Waals surface area contributed by atoms with Gasteiger partial charge in [0.2, 0.25) is 5.91 Å². The molecule has 1 amide bonds. The van der Waals surface area contributed by atoms with Crippen LogP contribution in [-0.4, -0.2) is 24.1 Å². The Morgan fingerprint density at radius 1 is 1.10 bits per heavy atom. The van der Waals surface area contributed by atoms with Crippen molar-refractivity contribution in [1.82, 2.24) is 5.32 Å². The number of rotatable bonds is 7. The molecule has 1 saturated carbocycles. The second-order valence-corrected chi connectivity index (χ2v) is 7.89. The molecule has 2 atom stereocenters. The Labute approximate surface area is 172 Å². The number of aryl methyl sites for hydroxylation is 1. The minimum absolute atomic E-state index is 0.00717. The number of amides is 1. The molecule has 3 rings (SSSR count). The summed E-state index contributed by atoms with van der Waals surface area (Å²) < 4.78 is 5.53. The number of carboxylic acids is 1. The zero-order valence-corrected chi connectivity index (χ0v) is 17.1. The molecule has 2 unspecified atom stereocenters. The molecule has 2 N–H and O–H groups in total. The number of carboxylic acid groups (broad SMARTS) is 1. The molecule has 154 valence electrons. The molecule has 0 aliphatic heterocycles. The molecule has 1 aliphatic carbocycles. The third-order valence-electron chi connectivity index (χ3n) is 5.83. The summed E-state index contributed by atoms with van der Waals surface area (Å²) in [5.41, 5.74) is 3.51. The van der Waals surface area contributed by atoms with E-state index in [0.29, 0.717) is 12.5 Å². The van der Waals surface area contributed by atoms with Gasteiger partial charge in [0.15, 0.2) is 0 Å². The van der Waals surface area contributed by atoms with Crippen LogP contribution in [0.4, 0.5) is 0 Å². The first kappa shape index (κ1) is 20.9. The maximum Gasteiger partial charge on any atom is 0.335 e. The van der Waals surface area contributed by atoms with Crippen molar-refractivity contribution in [3.8, 4) is 5.75 Å². The Bertz CT molecular complexity index is 860. The van der Waals surface area contributed by atoms with E-state index in [1.54, 1.807) is 31.4 Å². The number of nitrogens with one attached hydrogen (secondary N) is 1. The molecule has 2 aromatic carbocycles. The molecule has 0 radical (unpaired) electrons. The molecule has 1 fully saturated rings. The standard InChI is InChI=1S/C24H29NO4/c1-16-7-12-22(29-2)20(13-16)14-19-5-3-4-6-21(19)23(26)25-15-17-8-10-18(11-9-17)24(27)28/h7-13,19,21H,3-6,14-15H2,1-2H3,(H,25,26)(H,27,28). The fraction of sp³-hybridized carbons (Fsp3) is 0.417. The second kappa shape index (κ2) is 9.59. The van der Waals surface area contributed by atoms with Crippen molar-refractivity contribution in [2.45, 2.75) is 45.6 Å². The first-order valence-electron chi connectivity index (χ1n) is 10.2. The number of aromatic carboxylic acids is 1. The van der Waals surface area contributed by atoms with Crippen molar-refractivity contribution in [1.29, 1.82) is 0 Å². The monoisotopic (exact) mass is 395 g/mol. The Morgan fingerprint density at radius 3 is 2.52 bits per heavy atom. The van der Waals surface area contributed by atoms with Crippen LogP contribution in [0.25, 0.3) is 0 Å². The fourth-order valence-corrected chi connectivity index (χ4v) is 4.23. The van der Waals surface area contributed by atoms with E-state index in [0.717, 1.165) is 43.4 Å². The normalized spacial score (nSPS) is 18.8. The van der Waals surface area contributed by atoms with Crippen LogP contribution < -0.4 is 10.1 Å². The Balaban J connectivity index is 1.65. The van der Waals surface area contributed by atoms with Gasteiger partial charge in [-0.05, 0) is 61.4 Å². The highest BCUT2D eigenvalue weighted by Crippen LogP contribution is 2.35. The zero-order valence-electron chi connectivity index (χ0n) is 17.1. The number of carbonyl (C=O) groups is 2. The van der Waals surface area contributed by atoms with Gasteiger partial charge in [-0.1, -0.05) is 42.7 Å². The van der Waals surface area contributed by atoms with E-state index in [9.17, 15) is 9.59 Å². The molecule has 0 bridgehead atoms. The van der Waals surface area contributed by atoms with Gasteiger partial charge >= 0.3 is 5.97 Å². The summed E-state index contributed by atoms with van der Waals surface area (Å²) in [4.78, 5) is 23.9. The molecule has 5 nitrogen and oxygen atoms in total. The maximum atomic E-state index is 12.9. The lowest BCUT2D eigenvalue weighted by molar-refractivity contribution is -0.127. The van der Waals surface area contributed by atoms with Crippen LogP contribution in [0.3, 0.4) is 0 Å². The van der Waals surface area contributed by atoms with Gasteiger partial charge in [-0.3, -0.25) is 4.79 Å². The summed E-state index contributed by atoms with van der Waals surface area (Å²) in [6, 6.07) is 12.8. The van der Waals surface area contributed by atoms with Gasteiger partial charge < -0.3 is 15.2 Å². The molecule has 2 aromatic rings. The predicted octanol–water partition coefficient (Wildman–Crippen LogP) is 4.37. The molecule has 0 spiro atoms. The highest BCUT2D eigenvalue weighted by molar-refractivity contribution is 5.87. The first-order valence-corrected chi connectivity index (χ1v) is 10.2. The molecule has 0 heterocycles. The molecule has 5 heteroatoms. The van der Waals surface area contributed by atoms with Crippen molar-refractivity contribution in [2.75, 3.05) is 7.11 Å². The maximum absolute atomic E-state index is 12.9. The lowest BCUT2D eigenvalue weighted by Gasteiger charge is -2.31.